The number of amides is 1. The zero-order valence-electron chi connectivity index (χ0n) is 10.3. The molecule has 1 aliphatic heterocycles. The van der Waals surface area contributed by atoms with E-state index in [2.05, 4.69) is 15.3 Å². The fourth-order valence-corrected chi connectivity index (χ4v) is 2.19. The summed E-state index contributed by atoms with van der Waals surface area (Å²) in [5.74, 6) is 1.60. The topological polar surface area (TPSA) is 61.0 Å². The zero-order valence-corrected chi connectivity index (χ0v) is 10.3. The third-order valence-electron chi connectivity index (χ3n) is 3.29. The van der Waals surface area contributed by atoms with Crippen molar-refractivity contribution in [3.63, 3.8) is 0 Å². The van der Waals surface area contributed by atoms with Gasteiger partial charge in [-0.3, -0.25) is 4.79 Å². The summed E-state index contributed by atoms with van der Waals surface area (Å²) >= 11 is 0. The first kappa shape index (κ1) is 12.1. The summed E-state index contributed by atoms with van der Waals surface area (Å²) in [7, 11) is 1.84. The number of imidazole rings is 1. The Morgan fingerprint density at radius 2 is 2.29 bits per heavy atom. The van der Waals surface area contributed by atoms with Gasteiger partial charge in [0.05, 0.1) is 6.54 Å². The van der Waals surface area contributed by atoms with Gasteiger partial charge in [0.25, 0.3) is 0 Å². The van der Waals surface area contributed by atoms with Crippen LogP contribution in [0, 0.1) is 5.92 Å². The van der Waals surface area contributed by atoms with E-state index in [0.29, 0.717) is 18.9 Å². The summed E-state index contributed by atoms with van der Waals surface area (Å²) in [5, 5.41) is 3.31. The Morgan fingerprint density at radius 1 is 1.53 bits per heavy atom. The quantitative estimate of drug-likeness (QED) is 0.811. The fraction of sp³-hybridized carbons (Fsp3) is 0.667. The molecule has 17 heavy (non-hydrogen) atoms. The van der Waals surface area contributed by atoms with Crippen LogP contribution >= 0.6 is 0 Å². The Hall–Kier alpha value is -1.36. The third-order valence-corrected chi connectivity index (χ3v) is 3.29. The van der Waals surface area contributed by atoms with Crippen molar-refractivity contribution in [3.05, 3.63) is 18.2 Å². The van der Waals surface area contributed by atoms with E-state index in [1.807, 2.05) is 7.05 Å². The summed E-state index contributed by atoms with van der Waals surface area (Å²) in [6.07, 6.45) is 6.38. The van der Waals surface area contributed by atoms with Crippen molar-refractivity contribution in [1.29, 1.82) is 0 Å². The van der Waals surface area contributed by atoms with Crippen LogP contribution in [0.1, 0.15) is 25.1 Å². The molecule has 2 rings (SSSR count). The SMILES string of the molecule is CN(Cc1ncc[nH]1)C(=O)CC1CCNCC1. The maximum Gasteiger partial charge on any atom is 0.222 e. The molecule has 5 nitrogen and oxygen atoms in total. The molecular weight excluding hydrogens is 216 g/mol. The van der Waals surface area contributed by atoms with Gasteiger partial charge in [-0.05, 0) is 31.8 Å². The van der Waals surface area contributed by atoms with Crippen LogP contribution in [0.2, 0.25) is 0 Å². The molecule has 1 aromatic heterocycles. The number of hydrogen-bond donors (Lipinski definition) is 2. The summed E-state index contributed by atoms with van der Waals surface area (Å²) in [6.45, 7) is 2.65. The van der Waals surface area contributed by atoms with E-state index < -0.39 is 0 Å². The summed E-state index contributed by atoms with van der Waals surface area (Å²) in [4.78, 5) is 20.9. The summed E-state index contributed by atoms with van der Waals surface area (Å²) in [5.41, 5.74) is 0. The second kappa shape index (κ2) is 5.82. The van der Waals surface area contributed by atoms with Crippen molar-refractivity contribution in [2.24, 2.45) is 5.92 Å². The van der Waals surface area contributed by atoms with Gasteiger partial charge in [-0.25, -0.2) is 4.98 Å². The number of nitrogens with one attached hydrogen (secondary N) is 2. The molecule has 0 aromatic carbocycles. The molecule has 0 atom stereocenters. The minimum atomic E-state index is 0.216. The number of carbonyl (C=O) groups excluding carboxylic acids is 1. The highest BCUT2D eigenvalue weighted by molar-refractivity contribution is 5.76. The number of aromatic amines is 1. The average Bonchev–Trinajstić information content (AvgIpc) is 2.83. The van der Waals surface area contributed by atoms with E-state index in [4.69, 9.17) is 0 Å². The Bertz CT molecular complexity index is 343. The number of aromatic nitrogens is 2. The third kappa shape index (κ3) is 3.56. The molecule has 1 aliphatic rings. The number of carbonyl (C=O) groups is 1. The molecule has 0 spiro atoms. The molecule has 1 saturated heterocycles. The lowest BCUT2D eigenvalue weighted by Gasteiger charge is -2.24. The van der Waals surface area contributed by atoms with Gasteiger partial charge in [-0.1, -0.05) is 0 Å². The Kier molecular flexibility index (Phi) is 4.14. The molecule has 0 unspecified atom stereocenters. The van der Waals surface area contributed by atoms with Crippen molar-refractivity contribution in [2.75, 3.05) is 20.1 Å². The molecule has 2 heterocycles. The molecule has 5 heteroatoms. The predicted molar refractivity (Wildman–Crippen MR) is 65.3 cm³/mol. The lowest BCUT2D eigenvalue weighted by Crippen LogP contribution is -2.33. The highest BCUT2D eigenvalue weighted by Gasteiger charge is 2.19. The van der Waals surface area contributed by atoms with Crippen LogP contribution in [0.25, 0.3) is 0 Å². The molecule has 94 valence electrons. The molecule has 0 radical (unpaired) electrons. The first-order chi connectivity index (χ1) is 8.25. The van der Waals surface area contributed by atoms with Crippen molar-refractivity contribution < 1.29 is 4.79 Å². The second-order valence-corrected chi connectivity index (χ2v) is 4.68. The van der Waals surface area contributed by atoms with Gasteiger partial charge in [-0.2, -0.15) is 0 Å². The molecule has 0 aliphatic carbocycles. The first-order valence-corrected chi connectivity index (χ1v) is 6.18. The lowest BCUT2D eigenvalue weighted by molar-refractivity contribution is -0.131. The molecule has 1 aromatic rings. The van der Waals surface area contributed by atoms with E-state index in [1.54, 1.807) is 17.3 Å². The predicted octanol–water partition coefficient (Wildman–Crippen LogP) is 0.758. The van der Waals surface area contributed by atoms with E-state index in [1.165, 1.54) is 0 Å². The smallest absolute Gasteiger partial charge is 0.222 e. The van der Waals surface area contributed by atoms with Crippen LogP contribution in [-0.2, 0) is 11.3 Å². The van der Waals surface area contributed by atoms with Crippen molar-refractivity contribution in [3.8, 4) is 0 Å². The van der Waals surface area contributed by atoms with Gasteiger partial charge in [0.2, 0.25) is 5.91 Å². The minimum absolute atomic E-state index is 0.216. The average molecular weight is 236 g/mol. The number of hydrogen-bond acceptors (Lipinski definition) is 3. The van der Waals surface area contributed by atoms with Crippen LogP contribution in [0.4, 0.5) is 0 Å². The van der Waals surface area contributed by atoms with Gasteiger partial charge in [0.1, 0.15) is 5.82 Å². The van der Waals surface area contributed by atoms with E-state index in [9.17, 15) is 4.79 Å². The maximum absolute atomic E-state index is 12.0. The summed E-state index contributed by atoms with van der Waals surface area (Å²) < 4.78 is 0. The molecule has 0 saturated carbocycles. The summed E-state index contributed by atoms with van der Waals surface area (Å²) in [6, 6.07) is 0. The van der Waals surface area contributed by atoms with Gasteiger partial charge >= 0.3 is 0 Å². The van der Waals surface area contributed by atoms with E-state index >= 15 is 0 Å². The van der Waals surface area contributed by atoms with Crippen LogP contribution in [0.3, 0.4) is 0 Å². The lowest BCUT2D eigenvalue weighted by atomic mass is 9.94. The highest BCUT2D eigenvalue weighted by atomic mass is 16.2. The van der Waals surface area contributed by atoms with Crippen molar-refractivity contribution in [2.45, 2.75) is 25.8 Å². The zero-order chi connectivity index (χ0) is 12.1. The Labute approximate surface area is 102 Å². The van der Waals surface area contributed by atoms with Crippen LogP contribution in [0.5, 0.6) is 0 Å². The maximum atomic E-state index is 12.0. The molecule has 1 amide bonds. The number of piperidine rings is 1. The molecular formula is C12H20N4O. The standard InChI is InChI=1S/C12H20N4O/c1-16(9-11-14-6-7-15-11)12(17)8-10-2-4-13-5-3-10/h6-7,10,13H,2-5,8-9H2,1H3,(H,14,15). The van der Waals surface area contributed by atoms with Gasteiger partial charge in [0.15, 0.2) is 0 Å². The normalized spacial score (nSPS) is 17.0. The number of nitrogens with zero attached hydrogens (tertiary/aromatic N) is 2. The van der Waals surface area contributed by atoms with Gasteiger partial charge < -0.3 is 15.2 Å². The highest BCUT2D eigenvalue weighted by Crippen LogP contribution is 2.17. The largest absolute Gasteiger partial charge is 0.347 e. The number of rotatable bonds is 4. The van der Waals surface area contributed by atoms with Crippen molar-refractivity contribution in [1.82, 2.24) is 20.2 Å². The van der Waals surface area contributed by atoms with E-state index in [0.717, 1.165) is 31.8 Å². The Balaban J connectivity index is 1.78. The van der Waals surface area contributed by atoms with Crippen LogP contribution in [-0.4, -0.2) is 40.9 Å². The minimum Gasteiger partial charge on any atom is -0.347 e. The van der Waals surface area contributed by atoms with Crippen LogP contribution in [0.15, 0.2) is 12.4 Å². The molecule has 0 bridgehead atoms. The van der Waals surface area contributed by atoms with Crippen molar-refractivity contribution >= 4 is 5.91 Å². The van der Waals surface area contributed by atoms with Crippen LogP contribution < -0.4 is 5.32 Å². The van der Waals surface area contributed by atoms with Gasteiger partial charge in [0, 0.05) is 25.9 Å². The fourth-order valence-electron chi connectivity index (χ4n) is 2.19. The second-order valence-electron chi connectivity index (χ2n) is 4.68. The monoisotopic (exact) mass is 236 g/mol. The number of H-pyrrole nitrogens is 1. The first-order valence-electron chi connectivity index (χ1n) is 6.18. The van der Waals surface area contributed by atoms with Gasteiger partial charge in [-0.15, -0.1) is 0 Å². The molecule has 2 N–H and O–H groups in total. The Morgan fingerprint density at radius 3 is 2.94 bits per heavy atom. The van der Waals surface area contributed by atoms with E-state index in [-0.39, 0.29) is 5.91 Å². The molecule has 1 fully saturated rings.